The van der Waals surface area contributed by atoms with Gasteiger partial charge in [0.15, 0.2) is 18.2 Å². The number of benzene rings is 2. The van der Waals surface area contributed by atoms with Crippen LogP contribution in [0.4, 0.5) is 0 Å². The normalized spacial score (nSPS) is 36.4. The molecule has 15 heteroatoms. The van der Waals surface area contributed by atoms with E-state index in [0.717, 1.165) is 6.07 Å². The Kier molecular flexibility index (Phi) is 10.4. The first-order valence-electron chi connectivity index (χ1n) is 13.0. The van der Waals surface area contributed by atoms with Crippen LogP contribution in [-0.4, -0.2) is 115 Å². The summed E-state index contributed by atoms with van der Waals surface area (Å²) in [5.41, 5.74) is 0.529. The second-order valence-electron chi connectivity index (χ2n) is 10.2. The van der Waals surface area contributed by atoms with Crippen molar-refractivity contribution in [2.45, 2.75) is 80.9 Å². The first kappa shape index (κ1) is 32.9. The predicted octanol–water partition coefficient (Wildman–Crippen LogP) is -4.05. The number of ether oxygens (including phenoxy) is 5. The smallest absolute Gasteiger partial charge is 1.00 e. The van der Waals surface area contributed by atoms with Gasteiger partial charge in [0, 0.05) is 12.1 Å². The SMILES string of the molecule is C[C@@H]1O[C@@H](O[C@H]2[C@H](Oc3cc(O)c4c(c3)OC(c3ccc(O)cc3)CC4=O)O[C@H](CO)[C@@H](O)[C@@H]2O)[C@H](O)[C@H](O)[C@H]1O.[H-].[Na+]. The summed E-state index contributed by atoms with van der Waals surface area (Å²) in [5, 5.41) is 81.6. The van der Waals surface area contributed by atoms with Crippen LogP contribution >= 0.6 is 0 Å². The average molecular weight is 605 g/mol. The third kappa shape index (κ3) is 6.40. The number of phenols is 2. The summed E-state index contributed by atoms with van der Waals surface area (Å²) in [6, 6.07) is 8.50. The van der Waals surface area contributed by atoms with E-state index in [-0.39, 0.29) is 60.2 Å². The van der Waals surface area contributed by atoms with Crippen LogP contribution < -0.4 is 39.0 Å². The molecule has 2 fully saturated rings. The van der Waals surface area contributed by atoms with E-state index in [1.807, 2.05) is 0 Å². The molecular weight excluding hydrogens is 571 g/mol. The molecule has 42 heavy (non-hydrogen) atoms. The van der Waals surface area contributed by atoms with Gasteiger partial charge in [0.25, 0.3) is 0 Å². The summed E-state index contributed by atoms with van der Waals surface area (Å²) in [6.07, 6.45) is -16.0. The van der Waals surface area contributed by atoms with Gasteiger partial charge in [-0.15, -0.1) is 0 Å². The van der Waals surface area contributed by atoms with E-state index in [4.69, 9.17) is 23.7 Å². The van der Waals surface area contributed by atoms with Gasteiger partial charge in [0.1, 0.15) is 71.3 Å². The van der Waals surface area contributed by atoms with Crippen molar-refractivity contribution in [2.75, 3.05) is 6.61 Å². The second-order valence-corrected chi connectivity index (χ2v) is 10.2. The molecule has 3 aliphatic rings. The molecule has 3 aliphatic heterocycles. The molecule has 2 saturated heterocycles. The molecule has 5 rings (SSSR count). The number of hydrogen-bond acceptors (Lipinski definition) is 14. The molecule has 0 bridgehead atoms. The molecule has 0 spiro atoms. The predicted molar refractivity (Wildman–Crippen MR) is 135 cm³/mol. The van der Waals surface area contributed by atoms with Gasteiger partial charge in [-0.2, -0.15) is 0 Å². The van der Waals surface area contributed by atoms with Crippen molar-refractivity contribution in [3.8, 4) is 23.0 Å². The van der Waals surface area contributed by atoms with Gasteiger partial charge in [-0.3, -0.25) is 4.79 Å². The number of ketones is 1. The number of hydrogen-bond donors (Lipinski definition) is 8. The Morgan fingerprint density at radius 1 is 0.905 bits per heavy atom. The largest absolute Gasteiger partial charge is 1.00 e. The van der Waals surface area contributed by atoms with Crippen LogP contribution in [0.25, 0.3) is 0 Å². The standard InChI is InChI=1S/C27H32O14.Na.H/c1-10-20(32)22(34)24(36)26(37-10)41-25-23(35)21(33)18(9-28)40-27(25)38-13-6-14(30)19-15(31)8-16(39-17(19)7-13)11-2-4-12(29)5-3-11;;/h2-7,10,16,18,20-30,32-36H,8-9H2,1H3;;/q;+1;-1/t10-,16?,18+,20-,21+,22+,23-,24+,25+,26-,27+;;/m0../s1. The molecule has 8 N–H and O–H groups in total. The zero-order chi connectivity index (χ0) is 29.6. The molecule has 1 unspecified atom stereocenters. The Labute approximate surface area is 263 Å². The summed E-state index contributed by atoms with van der Waals surface area (Å²) < 4.78 is 28.6. The quantitative estimate of drug-likeness (QED) is 0.147. The number of Topliss-reactive ketones (excluding diaryl/α,β-unsaturated/α-hetero) is 1. The van der Waals surface area contributed by atoms with Crippen molar-refractivity contribution in [3.05, 3.63) is 47.5 Å². The average Bonchev–Trinajstić information content (AvgIpc) is 2.94. The fourth-order valence-corrected chi connectivity index (χ4v) is 5.07. The summed E-state index contributed by atoms with van der Waals surface area (Å²) in [6.45, 7) is 0.716. The van der Waals surface area contributed by atoms with Gasteiger partial charge in [-0.05, 0) is 24.6 Å². The van der Waals surface area contributed by atoms with Crippen molar-refractivity contribution < 1.29 is 100 Å². The van der Waals surface area contributed by atoms with Crippen LogP contribution in [0, 0.1) is 0 Å². The molecule has 226 valence electrons. The summed E-state index contributed by atoms with van der Waals surface area (Å²) in [7, 11) is 0. The van der Waals surface area contributed by atoms with Crippen LogP contribution in [0.15, 0.2) is 36.4 Å². The van der Waals surface area contributed by atoms with Gasteiger partial charge >= 0.3 is 29.6 Å². The monoisotopic (exact) mass is 604 g/mol. The van der Waals surface area contributed by atoms with Gasteiger partial charge < -0.3 is 66.0 Å². The molecule has 14 nitrogen and oxygen atoms in total. The van der Waals surface area contributed by atoms with E-state index < -0.39 is 85.7 Å². The zero-order valence-electron chi connectivity index (χ0n) is 23.8. The minimum absolute atomic E-state index is 0. The van der Waals surface area contributed by atoms with Gasteiger partial charge in [0.2, 0.25) is 6.29 Å². The molecule has 2 aromatic carbocycles. The number of aliphatic hydroxyl groups is 6. The minimum atomic E-state index is -1.75. The van der Waals surface area contributed by atoms with Crippen LogP contribution in [-0.2, 0) is 14.2 Å². The number of fused-ring (bicyclic) bond motifs is 1. The van der Waals surface area contributed by atoms with Crippen LogP contribution in [0.3, 0.4) is 0 Å². The Morgan fingerprint density at radius 2 is 1.60 bits per heavy atom. The topological polar surface area (TPSA) is 225 Å². The first-order chi connectivity index (χ1) is 19.5. The number of carbonyl (C=O) groups excluding carboxylic acids is 1. The Hall–Kier alpha value is -2.05. The van der Waals surface area contributed by atoms with Gasteiger partial charge in [0.05, 0.1) is 19.1 Å². The number of aromatic hydroxyl groups is 2. The van der Waals surface area contributed by atoms with E-state index in [1.165, 1.54) is 25.1 Å². The molecule has 0 aliphatic carbocycles. The second kappa shape index (κ2) is 13.3. The number of rotatable bonds is 6. The maximum atomic E-state index is 12.9. The Balaban J connectivity index is 0.00000253. The summed E-state index contributed by atoms with van der Waals surface area (Å²) in [4.78, 5) is 12.9. The molecule has 11 atom stereocenters. The molecule has 0 saturated carbocycles. The maximum absolute atomic E-state index is 12.9. The number of phenolic OH excluding ortho intramolecular Hbond substituents is 2. The van der Waals surface area contributed by atoms with Crippen molar-refractivity contribution in [3.63, 3.8) is 0 Å². The van der Waals surface area contributed by atoms with Gasteiger partial charge in [-0.25, -0.2) is 0 Å². The molecule has 3 heterocycles. The fraction of sp³-hybridized carbons (Fsp3) is 0.519. The third-order valence-corrected chi connectivity index (χ3v) is 7.42. The first-order valence-corrected chi connectivity index (χ1v) is 13.0. The van der Waals surface area contributed by atoms with E-state index >= 15 is 0 Å². The van der Waals surface area contributed by atoms with Crippen LogP contribution in [0.2, 0.25) is 0 Å². The number of aliphatic hydroxyl groups excluding tert-OH is 6. The fourth-order valence-electron chi connectivity index (χ4n) is 5.07. The Morgan fingerprint density at radius 3 is 2.26 bits per heavy atom. The van der Waals surface area contributed by atoms with Crippen molar-refractivity contribution in [1.29, 1.82) is 0 Å². The summed E-state index contributed by atoms with van der Waals surface area (Å²) in [5.74, 6) is -0.947. The van der Waals surface area contributed by atoms with E-state index in [0.29, 0.717) is 5.56 Å². The van der Waals surface area contributed by atoms with Crippen molar-refractivity contribution in [2.24, 2.45) is 0 Å². The van der Waals surface area contributed by atoms with Crippen LogP contribution in [0.1, 0.15) is 36.8 Å². The zero-order valence-corrected chi connectivity index (χ0v) is 24.8. The van der Waals surface area contributed by atoms with E-state index in [9.17, 15) is 45.6 Å². The molecule has 0 amide bonds. The van der Waals surface area contributed by atoms with Crippen LogP contribution in [0.5, 0.6) is 23.0 Å². The number of carbonyl (C=O) groups is 1. The minimum Gasteiger partial charge on any atom is -1.00 e. The molecule has 0 aromatic heterocycles. The molecular formula is C27H33NaO14. The third-order valence-electron chi connectivity index (χ3n) is 7.42. The van der Waals surface area contributed by atoms with E-state index in [2.05, 4.69) is 0 Å². The summed E-state index contributed by atoms with van der Waals surface area (Å²) >= 11 is 0. The molecule has 0 radical (unpaired) electrons. The van der Waals surface area contributed by atoms with Crippen molar-refractivity contribution in [1.82, 2.24) is 0 Å². The van der Waals surface area contributed by atoms with Gasteiger partial charge in [-0.1, -0.05) is 12.1 Å². The maximum Gasteiger partial charge on any atom is 1.00 e. The Bertz CT molecular complexity index is 1250. The molecule has 2 aromatic rings. The van der Waals surface area contributed by atoms with Crippen molar-refractivity contribution >= 4 is 5.78 Å². The van der Waals surface area contributed by atoms with E-state index in [1.54, 1.807) is 12.1 Å².